The summed E-state index contributed by atoms with van der Waals surface area (Å²) in [6.45, 7) is 1.28. The van der Waals surface area contributed by atoms with Gasteiger partial charge in [0.2, 0.25) is 0 Å². The van der Waals surface area contributed by atoms with Crippen molar-refractivity contribution in [1.82, 2.24) is 0 Å². The van der Waals surface area contributed by atoms with E-state index in [9.17, 15) is 4.79 Å². The number of methoxy groups -OCH3 is 1. The smallest absolute Gasteiger partial charge is 0.330 e. The van der Waals surface area contributed by atoms with Gasteiger partial charge >= 0.3 is 5.97 Å². The molecule has 0 aliphatic rings. The highest BCUT2D eigenvalue weighted by molar-refractivity contribution is 7.78. The maximum absolute atomic E-state index is 11.0. The highest BCUT2D eigenvalue weighted by Crippen LogP contribution is 2.05. The molecule has 1 atom stereocenters. The highest BCUT2D eigenvalue weighted by atomic mass is 32.1. The van der Waals surface area contributed by atoms with E-state index in [0.717, 1.165) is 5.56 Å². The molecule has 0 amide bonds. The van der Waals surface area contributed by atoms with Gasteiger partial charge in [0.15, 0.2) is 0 Å². The van der Waals surface area contributed by atoms with Crippen molar-refractivity contribution in [2.75, 3.05) is 20.3 Å². The molecule has 0 saturated heterocycles. The number of ether oxygens (including phenoxy) is 3. The average Bonchev–Trinajstić information content (AvgIpc) is 2.55. The van der Waals surface area contributed by atoms with Crippen LogP contribution in [0.2, 0.25) is 0 Å². The average molecular weight is 323 g/mol. The minimum absolute atomic E-state index is 0.170. The molecule has 0 heterocycles. The van der Waals surface area contributed by atoms with Crippen molar-refractivity contribution in [1.29, 1.82) is 0 Å². The van der Waals surface area contributed by atoms with E-state index in [1.807, 2.05) is 30.3 Å². The molecule has 0 aliphatic heterocycles. The molecular weight excluding hydrogens is 302 g/mol. The summed E-state index contributed by atoms with van der Waals surface area (Å²) in [6, 6.07) is 9.90. The topological polar surface area (TPSA) is 57.1 Å². The quantitative estimate of drug-likeness (QED) is 0.311. The van der Waals surface area contributed by atoms with Crippen LogP contribution in [0.3, 0.4) is 0 Å². The lowest BCUT2D eigenvalue weighted by molar-refractivity contribution is -0.134. The van der Waals surface area contributed by atoms with Gasteiger partial charge in [-0.15, -0.1) is 0 Å². The summed E-state index contributed by atoms with van der Waals surface area (Å²) < 4.78 is 19.4. The maximum Gasteiger partial charge on any atom is 0.330 e. The highest BCUT2D eigenvalue weighted by Gasteiger charge is 2.08. The molecule has 0 aromatic heterocycles. The van der Waals surface area contributed by atoms with Crippen molar-refractivity contribution in [3.8, 4) is 0 Å². The van der Waals surface area contributed by atoms with E-state index in [4.69, 9.17) is 9.47 Å². The number of benzene rings is 1. The zero-order valence-corrected chi connectivity index (χ0v) is 13.4. The molecule has 0 N–H and O–H groups in total. The Hall–Kier alpha value is -1.63. The van der Waals surface area contributed by atoms with Gasteiger partial charge in [-0.25, -0.2) is 9.19 Å². The number of hydrogen-bond donors (Lipinski definition) is 1. The normalized spacial score (nSPS) is 12.8. The molecular formula is C16H21NO4S. The first-order valence-corrected chi connectivity index (χ1v) is 7.30. The molecule has 0 saturated carbocycles. The third-order valence-corrected chi connectivity index (χ3v) is 2.92. The van der Waals surface area contributed by atoms with Crippen molar-refractivity contribution in [3.63, 3.8) is 0 Å². The first-order valence-electron chi connectivity index (χ1n) is 6.90. The number of esters is 1. The lowest BCUT2D eigenvalue weighted by atomic mass is 10.2. The zero-order chi connectivity index (χ0) is 16.0. The van der Waals surface area contributed by atoms with Crippen LogP contribution in [0.25, 0.3) is 0 Å². The van der Waals surface area contributed by atoms with Crippen LogP contribution < -0.4 is 0 Å². The van der Waals surface area contributed by atoms with Gasteiger partial charge in [0, 0.05) is 12.3 Å². The summed E-state index contributed by atoms with van der Waals surface area (Å²) >= 11 is 3.73. The van der Waals surface area contributed by atoms with E-state index in [2.05, 4.69) is 21.9 Å². The van der Waals surface area contributed by atoms with Gasteiger partial charge < -0.3 is 14.2 Å². The minimum atomic E-state index is -0.388. The lowest BCUT2D eigenvalue weighted by Crippen LogP contribution is -2.20. The predicted molar refractivity (Wildman–Crippen MR) is 89.1 cm³/mol. The van der Waals surface area contributed by atoms with Gasteiger partial charge in [0.25, 0.3) is 0 Å². The molecule has 120 valence electrons. The van der Waals surface area contributed by atoms with E-state index >= 15 is 0 Å². The lowest BCUT2D eigenvalue weighted by Gasteiger charge is -2.15. The van der Waals surface area contributed by atoms with Gasteiger partial charge in [0.1, 0.15) is 0 Å². The van der Waals surface area contributed by atoms with Crippen LogP contribution in [-0.2, 0) is 25.6 Å². The molecule has 1 aromatic carbocycles. The Kier molecular flexibility index (Phi) is 10.0. The first-order chi connectivity index (χ1) is 10.8. The van der Waals surface area contributed by atoms with E-state index in [-0.39, 0.29) is 12.1 Å². The van der Waals surface area contributed by atoms with Gasteiger partial charge in [-0.3, -0.25) is 0 Å². The summed E-state index contributed by atoms with van der Waals surface area (Å²) in [5.41, 5.74) is 1.10. The number of carbonyl (C=O) groups excluding carboxylic acids is 1. The summed E-state index contributed by atoms with van der Waals surface area (Å²) in [6.07, 6.45) is 5.01. The van der Waals surface area contributed by atoms with Crippen LogP contribution in [0.5, 0.6) is 0 Å². The molecule has 0 radical (unpaired) electrons. The van der Waals surface area contributed by atoms with Gasteiger partial charge in [-0.05, 0) is 24.8 Å². The molecule has 0 fully saturated rings. The monoisotopic (exact) mass is 323 g/mol. The molecule has 6 heteroatoms. The molecule has 1 aromatic rings. The van der Waals surface area contributed by atoms with E-state index in [0.29, 0.717) is 26.2 Å². The van der Waals surface area contributed by atoms with Crippen molar-refractivity contribution in [2.24, 2.45) is 4.40 Å². The molecule has 0 bridgehead atoms. The third kappa shape index (κ3) is 8.61. The van der Waals surface area contributed by atoms with E-state index < -0.39 is 0 Å². The van der Waals surface area contributed by atoms with Gasteiger partial charge in [0.05, 0.1) is 33.0 Å². The Labute approximate surface area is 136 Å². The number of hydrogen-bond acceptors (Lipinski definition) is 6. The Bertz CT molecular complexity index is 476. The maximum atomic E-state index is 11.0. The van der Waals surface area contributed by atoms with Crippen LogP contribution in [0.1, 0.15) is 12.0 Å². The standard InChI is InChI=1S/C16H21NO4S/c1-19-16(18)9-5-8-15(21-11-10-17-22)13-20-12-14-6-3-2-4-7-14/h2-7,9-10,15,22H,8,11-13H2,1H3/b9-5+,17-10?/t15-/m1/s1. The van der Waals surface area contributed by atoms with Gasteiger partial charge in [-0.2, -0.15) is 0 Å². The van der Waals surface area contributed by atoms with Crippen LogP contribution in [0, 0.1) is 0 Å². The fraction of sp³-hybridized carbons (Fsp3) is 0.375. The minimum Gasteiger partial charge on any atom is -0.466 e. The Morgan fingerprint density at radius 1 is 1.36 bits per heavy atom. The number of rotatable bonds is 10. The Morgan fingerprint density at radius 3 is 2.82 bits per heavy atom. The van der Waals surface area contributed by atoms with Crippen LogP contribution in [-0.4, -0.2) is 38.6 Å². The fourth-order valence-corrected chi connectivity index (χ4v) is 1.73. The number of carbonyl (C=O) groups is 1. The fourth-order valence-electron chi connectivity index (χ4n) is 1.66. The third-order valence-electron chi connectivity index (χ3n) is 2.76. The van der Waals surface area contributed by atoms with Crippen molar-refractivity contribution >= 4 is 25.0 Å². The second-order valence-electron chi connectivity index (χ2n) is 4.42. The van der Waals surface area contributed by atoms with E-state index in [1.54, 1.807) is 12.3 Å². The van der Waals surface area contributed by atoms with Crippen molar-refractivity contribution in [3.05, 3.63) is 48.0 Å². The molecule has 0 spiro atoms. The number of thiol groups is 1. The van der Waals surface area contributed by atoms with Crippen LogP contribution >= 0.6 is 12.8 Å². The molecule has 0 aliphatic carbocycles. The van der Waals surface area contributed by atoms with Crippen LogP contribution in [0.4, 0.5) is 0 Å². The van der Waals surface area contributed by atoms with E-state index in [1.165, 1.54) is 13.2 Å². The Morgan fingerprint density at radius 2 is 2.14 bits per heavy atom. The first kappa shape index (κ1) is 18.4. The van der Waals surface area contributed by atoms with Crippen molar-refractivity contribution < 1.29 is 19.0 Å². The zero-order valence-electron chi connectivity index (χ0n) is 12.6. The number of nitrogens with zero attached hydrogens (tertiary/aromatic N) is 1. The van der Waals surface area contributed by atoms with Crippen molar-refractivity contribution in [2.45, 2.75) is 19.1 Å². The molecule has 0 unspecified atom stereocenters. The summed E-state index contributed by atoms with van der Waals surface area (Å²) in [4.78, 5) is 11.0. The summed E-state index contributed by atoms with van der Waals surface area (Å²) in [7, 11) is 1.34. The molecule has 5 nitrogen and oxygen atoms in total. The van der Waals surface area contributed by atoms with Crippen LogP contribution in [0.15, 0.2) is 46.9 Å². The largest absolute Gasteiger partial charge is 0.466 e. The summed E-state index contributed by atoms with van der Waals surface area (Å²) in [5, 5.41) is 0. The molecule has 22 heavy (non-hydrogen) atoms. The Balaban J connectivity index is 2.39. The summed E-state index contributed by atoms with van der Waals surface area (Å²) in [5.74, 6) is -0.388. The second-order valence-corrected chi connectivity index (χ2v) is 4.65. The predicted octanol–water partition coefficient (Wildman–Crippen LogP) is 2.62. The molecule has 1 rings (SSSR count). The SMILES string of the molecule is COC(=O)/C=C/C[C@H](COCc1ccccc1)OCC=NS. The van der Waals surface area contributed by atoms with Gasteiger partial charge in [-0.1, -0.05) is 36.4 Å². The second kappa shape index (κ2) is 12.0.